The van der Waals surface area contributed by atoms with Crippen LogP contribution in [0, 0.1) is 0 Å². The molecule has 0 saturated carbocycles. The zero-order valence-corrected chi connectivity index (χ0v) is 38.1. The predicted molar refractivity (Wildman–Crippen MR) is 234 cm³/mol. The SMILES string of the molecule is CCCCCCCC/C=C\CCCCCCCC(=O)OC(COC(=O)CCCCCCCCCCCCC)COC1OC(COC2OC(CO)C(O)C(O)C2O)C(O)C(O)C1O. The van der Waals surface area contributed by atoms with E-state index in [2.05, 4.69) is 26.0 Å². The quantitative estimate of drug-likeness (QED) is 0.0221. The first kappa shape index (κ1) is 56.4. The fourth-order valence-corrected chi connectivity index (χ4v) is 7.68. The van der Waals surface area contributed by atoms with Gasteiger partial charge < -0.3 is 64.2 Å². The van der Waals surface area contributed by atoms with Crippen molar-refractivity contribution in [3.05, 3.63) is 12.2 Å². The lowest BCUT2D eigenvalue weighted by atomic mass is 9.98. The van der Waals surface area contributed by atoms with Gasteiger partial charge in [0, 0.05) is 12.8 Å². The molecule has 0 radical (unpaired) electrons. The molecule has 0 aliphatic carbocycles. The Morgan fingerprint density at radius 3 is 1.42 bits per heavy atom. The minimum atomic E-state index is -1.76. The molecule has 62 heavy (non-hydrogen) atoms. The molecule has 15 nitrogen and oxygen atoms in total. The molecule has 2 aliphatic rings. The first-order valence-electron chi connectivity index (χ1n) is 24.3. The number of rotatable bonds is 37. The molecule has 2 saturated heterocycles. The lowest BCUT2D eigenvalue weighted by Gasteiger charge is -2.42. The van der Waals surface area contributed by atoms with E-state index in [9.17, 15) is 45.3 Å². The van der Waals surface area contributed by atoms with Crippen molar-refractivity contribution in [2.24, 2.45) is 0 Å². The zero-order valence-electron chi connectivity index (χ0n) is 38.1. The van der Waals surface area contributed by atoms with Crippen LogP contribution in [0.25, 0.3) is 0 Å². The second kappa shape index (κ2) is 35.5. The highest BCUT2D eigenvalue weighted by Gasteiger charge is 2.47. The Labute approximate surface area is 371 Å². The van der Waals surface area contributed by atoms with E-state index < -0.39 is 92.7 Å². The Hall–Kier alpha value is -1.76. The van der Waals surface area contributed by atoms with Crippen LogP contribution in [-0.4, -0.2) is 142 Å². The van der Waals surface area contributed by atoms with Crippen LogP contribution >= 0.6 is 0 Å². The van der Waals surface area contributed by atoms with E-state index in [1.54, 1.807) is 0 Å². The van der Waals surface area contributed by atoms with E-state index in [0.717, 1.165) is 57.8 Å². The normalized spacial score (nSPS) is 27.1. The first-order chi connectivity index (χ1) is 30.0. The summed E-state index contributed by atoms with van der Waals surface area (Å²) in [4.78, 5) is 25.6. The molecule has 364 valence electrons. The van der Waals surface area contributed by atoms with Gasteiger partial charge in [0.1, 0.15) is 55.4 Å². The smallest absolute Gasteiger partial charge is 0.306 e. The Balaban J connectivity index is 1.84. The Morgan fingerprint density at radius 2 is 0.919 bits per heavy atom. The number of carbonyl (C=O) groups is 2. The van der Waals surface area contributed by atoms with Crippen LogP contribution in [0.15, 0.2) is 12.2 Å². The molecule has 7 N–H and O–H groups in total. The molecule has 2 aliphatic heterocycles. The van der Waals surface area contributed by atoms with Crippen LogP contribution in [-0.2, 0) is 38.0 Å². The lowest BCUT2D eigenvalue weighted by Crippen LogP contribution is -2.61. The molecule has 0 aromatic carbocycles. The largest absolute Gasteiger partial charge is 0.462 e. The van der Waals surface area contributed by atoms with Crippen molar-refractivity contribution in [1.82, 2.24) is 0 Å². The molecule has 11 atom stereocenters. The maximum atomic E-state index is 13.0. The molecular weight excluding hydrogens is 805 g/mol. The number of esters is 2. The van der Waals surface area contributed by atoms with Crippen LogP contribution in [0.1, 0.15) is 181 Å². The van der Waals surface area contributed by atoms with Gasteiger partial charge in [0.25, 0.3) is 0 Å². The summed E-state index contributed by atoms with van der Waals surface area (Å²) in [5.41, 5.74) is 0. The topological polar surface area (TPSA) is 231 Å². The molecule has 0 spiro atoms. The van der Waals surface area contributed by atoms with Crippen molar-refractivity contribution in [3.63, 3.8) is 0 Å². The number of hydrogen-bond donors (Lipinski definition) is 7. The van der Waals surface area contributed by atoms with Gasteiger partial charge in [-0.25, -0.2) is 0 Å². The number of ether oxygens (including phenoxy) is 6. The van der Waals surface area contributed by atoms with E-state index in [-0.39, 0.29) is 26.1 Å². The second-order valence-corrected chi connectivity index (χ2v) is 17.3. The molecule has 0 aromatic heterocycles. The highest BCUT2D eigenvalue weighted by Crippen LogP contribution is 2.26. The van der Waals surface area contributed by atoms with Crippen molar-refractivity contribution in [3.8, 4) is 0 Å². The number of carbonyl (C=O) groups excluding carboxylic acids is 2. The van der Waals surface area contributed by atoms with Crippen LogP contribution in [0.3, 0.4) is 0 Å². The second-order valence-electron chi connectivity index (χ2n) is 17.3. The van der Waals surface area contributed by atoms with Crippen molar-refractivity contribution in [2.75, 3.05) is 26.4 Å². The van der Waals surface area contributed by atoms with Crippen LogP contribution in [0.5, 0.6) is 0 Å². The van der Waals surface area contributed by atoms with Gasteiger partial charge in [-0.3, -0.25) is 9.59 Å². The summed E-state index contributed by atoms with van der Waals surface area (Å²) in [5.74, 6) is -0.929. The van der Waals surface area contributed by atoms with Crippen molar-refractivity contribution in [1.29, 1.82) is 0 Å². The number of allylic oxidation sites excluding steroid dienone is 2. The maximum Gasteiger partial charge on any atom is 0.306 e. The molecule has 0 bridgehead atoms. The van der Waals surface area contributed by atoms with Gasteiger partial charge in [-0.2, -0.15) is 0 Å². The summed E-state index contributed by atoms with van der Waals surface area (Å²) in [6, 6.07) is 0. The van der Waals surface area contributed by atoms with Gasteiger partial charge in [0.15, 0.2) is 18.7 Å². The molecule has 2 heterocycles. The van der Waals surface area contributed by atoms with E-state index in [0.29, 0.717) is 12.8 Å². The van der Waals surface area contributed by atoms with Gasteiger partial charge in [-0.1, -0.05) is 142 Å². The third kappa shape index (κ3) is 24.0. The lowest BCUT2D eigenvalue weighted by molar-refractivity contribution is -0.332. The van der Waals surface area contributed by atoms with Gasteiger partial charge in [0.05, 0.1) is 19.8 Å². The minimum absolute atomic E-state index is 0.159. The minimum Gasteiger partial charge on any atom is -0.462 e. The van der Waals surface area contributed by atoms with Crippen LogP contribution in [0.4, 0.5) is 0 Å². The summed E-state index contributed by atoms with van der Waals surface area (Å²) in [6.45, 7) is 2.57. The molecule has 2 rings (SSSR count). The first-order valence-corrected chi connectivity index (χ1v) is 24.3. The van der Waals surface area contributed by atoms with E-state index in [4.69, 9.17) is 28.4 Å². The highest BCUT2D eigenvalue weighted by molar-refractivity contribution is 5.70. The molecule has 11 unspecified atom stereocenters. The average molecular weight is 891 g/mol. The number of unbranched alkanes of at least 4 members (excludes halogenated alkanes) is 21. The summed E-state index contributed by atoms with van der Waals surface area (Å²) in [5, 5.41) is 71.9. The van der Waals surface area contributed by atoms with Crippen LogP contribution < -0.4 is 0 Å². The fraction of sp³-hybridized carbons (Fsp3) is 0.915. The number of aliphatic hydroxyl groups is 7. The van der Waals surface area contributed by atoms with E-state index >= 15 is 0 Å². The monoisotopic (exact) mass is 891 g/mol. The van der Waals surface area contributed by atoms with Gasteiger partial charge in [0.2, 0.25) is 0 Å². The highest BCUT2D eigenvalue weighted by atomic mass is 16.7. The average Bonchev–Trinajstić information content (AvgIpc) is 3.26. The molecule has 2 fully saturated rings. The van der Waals surface area contributed by atoms with Gasteiger partial charge in [-0.15, -0.1) is 0 Å². The van der Waals surface area contributed by atoms with Gasteiger partial charge >= 0.3 is 11.9 Å². The van der Waals surface area contributed by atoms with E-state index in [1.807, 2.05) is 0 Å². The fourth-order valence-electron chi connectivity index (χ4n) is 7.68. The summed E-state index contributed by atoms with van der Waals surface area (Å²) < 4.78 is 33.5. The Kier molecular flexibility index (Phi) is 32.3. The summed E-state index contributed by atoms with van der Waals surface area (Å²) in [6.07, 6.45) is 15.3. The summed E-state index contributed by atoms with van der Waals surface area (Å²) >= 11 is 0. The number of hydrogen-bond acceptors (Lipinski definition) is 15. The van der Waals surface area contributed by atoms with Crippen molar-refractivity contribution in [2.45, 2.75) is 248 Å². The molecular formula is C47H86O15. The third-order valence-corrected chi connectivity index (χ3v) is 11.7. The summed E-state index contributed by atoms with van der Waals surface area (Å²) in [7, 11) is 0. The van der Waals surface area contributed by atoms with Crippen molar-refractivity contribution >= 4 is 11.9 Å². The molecule has 15 heteroatoms. The Bertz CT molecular complexity index is 1140. The standard InChI is InChI=1S/C47H86O15/c1-3-5-7-9-11-13-15-16-17-18-20-22-24-26-28-30-39(50)60-35(32-57-38(49)29-27-25-23-21-19-14-12-10-8-6-4-2)33-58-46-45(56)43(54)41(52)37(62-46)34-59-47-44(55)42(53)40(51)36(31-48)61-47/h16-17,35-37,40-48,51-56H,3-15,18-34H2,1-2H3/b17-16-. The van der Waals surface area contributed by atoms with Crippen LogP contribution in [0.2, 0.25) is 0 Å². The molecule has 0 amide bonds. The Morgan fingerprint density at radius 1 is 0.500 bits per heavy atom. The van der Waals surface area contributed by atoms with Crippen molar-refractivity contribution < 1.29 is 73.8 Å². The van der Waals surface area contributed by atoms with E-state index in [1.165, 1.54) is 83.5 Å². The predicted octanol–water partition coefficient (Wildman–Crippen LogP) is 5.82. The number of aliphatic hydroxyl groups excluding tert-OH is 7. The maximum absolute atomic E-state index is 13.0. The zero-order chi connectivity index (χ0) is 45.4. The molecule has 0 aromatic rings. The third-order valence-electron chi connectivity index (χ3n) is 11.7. The van der Waals surface area contributed by atoms with Gasteiger partial charge in [-0.05, 0) is 38.5 Å².